The molecule has 2 fully saturated rings. The summed E-state index contributed by atoms with van der Waals surface area (Å²) in [7, 11) is 0. The molecule has 4 nitrogen and oxygen atoms in total. The summed E-state index contributed by atoms with van der Waals surface area (Å²) in [6, 6.07) is 6.14. The van der Waals surface area contributed by atoms with Crippen molar-refractivity contribution in [2.75, 3.05) is 31.1 Å². The van der Waals surface area contributed by atoms with Crippen LogP contribution in [-0.2, 0) is 4.74 Å². The third-order valence-corrected chi connectivity index (χ3v) is 4.26. The van der Waals surface area contributed by atoms with E-state index in [0.717, 1.165) is 51.3 Å². The van der Waals surface area contributed by atoms with Crippen molar-refractivity contribution in [2.24, 2.45) is 0 Å². The summed E-state index contributed by atoms with van der Waals surface area (Å²) in [5.74, 6) is 1.09. The zero-order valence-corrected chi connectivity index (χ0v) is 11.6. The van der Waals surface area contributed by atoms with Gasteiger partial charge >= 0.3 is 0 Å². The molecule has 2 saturated heterocycles. The molecule has 19 heavy (non-hydrogen) atoms. The van der Waals surface area contributed by atoms with Gasteiger partial charge in [0, 0.05) is 19.3 Å². The monoisotopic (exact) mass is 261 g/mol. The molecular weight excluding hydrogens is 238 g/mol. The second-order valence-electron chi connectivity index (χ2n) is 5.65. The molecule has 1 N–H and O–H groups in total. The Balaban J connectivity index is 1.81. The van der Waals surface area contributed by atoms with Crippen LogP contribution in [0.3, 0.4) is 0 Å². The van der Waals surface area contributed by atoms with Crippen molar-refractivity contribution in [3.05, 3.63) is 24.4 Å². The topological polar surface area (TPSA) is 37.4 Å². The van der Waals surface area contributed by atoms with Crippen LogP contribution < -0.4 is 10.2 Å². The van der Waals surface area contributed by atoms with E-state index in [1.165, 1.54) is 0 Å². The van der Waals surface area contributed by atoms with Gasteiger partial charge in [0.2, 0.25) is 0 Å². The van der Waals surface area contributed by atoms with Gasteiger partial charge in [0.15, 0.2) is 0 Å². The van der Waals surface area contributed by atoms with Crippen LogP contribution in [0.2, 0.25) is 0 Å². The van der Waals surface area contributed by atoms with Crippen molar-refractivity contribution in [3.63, 3.8) is 0 Å². The summed E-state index contributed by atoms with van der Waals surface area (Å²) in [4.78, 5) is 6.91. The highest BCUT2D eigenvalue weighted by atomic mass is 16.5. The molecule has 1 unspecified atom stereocenters. The number of anilines is 1. The van der Waals surface area contributed by atoms with Gasteiger partial charge in [-0.15, -0.1) is 0 Å². The summed E-state index contributed by atoms with van der Waals surface area (Å²) in [5.41, 5.74) is 0.0295. The number of hydrogen-bond acceptors (Lipinski definition) is 4. The molecule has 2 aliphatic heterocycles. The standard InChI is InChI=1S/C15H23N3O/c1-2-13-11-18(14-5-3-4-8-17-14)12-15(19-13)6-9-16-10-7-15/h3-5,8,13,16H,2,6-7,9-12H2,1H3. The molecule has 3 heterocycles. The van der Waals surface area contributed by atoms with Crippen molar-refractivity contribution < 1.29 is 4.74 Å². The maximum atomic E-state index is 6.41. The Labute approximate surface area is 115 Å². The Hall–Kier alpha value is -1.13. The van der Waals surface area contributed by atoms with Gasteiger partial charge in [0.05, 0.1) is 11.7 Å². The highest BCUT2D eigenvalue weighted by Crippen LogP contribution is 2.32. The number of piperidine rings is 1. The number of nitrogens with one attached hydrogen (secondary N) is 1. The van der Waals surface area contributed by atoms with E-state index in [0.29, 0.717) is 6.10 Å². The maximum absolute atomic E-state index is 6.41. The third-order valence-electron chi connectivity index (χ3n) is 4.26. The zero-order chi connectivity index (χ0) is 13.1. The van der Waals surface area contributed by atoms with Crippen LogP contribution in [0, 0.1) is 0 Å². The van der Waals surface area contributed by atoms with E-state index >= 15 is 0 Å². The molecule has 104 valence electrons. The molecule has 4 heteroatoms. The van der Waals surface area contributed by atoms with Crippen LogP contribution >= 0.6 is 0 Å². The van der Waals surface area contributed by atoms with Gasteiger partial charge in [0.1, 0.15) is 5.82 Å². The quantitative estimate of drug-likeness (QED) is 0.881. The van der Waals surface area contributed by atoms with E-state index in [2.05, 4.69) is 34.3 Å². The minimum absolute atomic E-state index is 0.0295. The third kappa shape index (κ3) is 2.74. The molecule has 2 aliphatic rings. The fourth-order valence-electron chi connectivity index (χ4n) is 3.17. The second-order valence-corrected chi connectivity index (χ2v) is 5.65. The first-order chi connectivity index (χ1) is 9.31. The van der Waals surface area contributed by atoms with E-state index in [4.69, 9.17) is 4.74 Å². The first-order valence-corrected chi connectivity index (χ1v) is 7.36. The minimum Gasteiger partial charge on any atom is -0.368 e. The van der Waals surface area contributed by atoms with Crippen LogP contribution in [0.15, 0.2) is 24.4 Å². The Kier molecular flexibility index (Phi) is 3.71. The van der Waals surface area contributed by atoms with Gasteiger partial charge < -0.3 is 15.0 Å². The van der Waals surface area contributed by atoms with Crippen LogP contribution in [0.25, 0.3) is 0 Å². The van der Waals surface area contributed by atoms with Crippen molar-refractivity contribution in [1.82, 2.24) is 10.3 Å². The number of rotatable bonds is 2. The van der Waals surface area contributed by atoms with Crippen LogP contribution in [0.4, 0.5) is 5.82 Å². The molecule has 0 radical (unpaired) electrons. The predicted octanol–water partition coefficient (Wildman–Crippen LogP) is 1.82. The smallest absolute Gasteiger partial charge is 0.128 e. The van der Waals surface area contributed by atoms with Gasteiger partial charge in [-0.05, 0) is 44.5 Å². The van der Waals surface area contributed by atoms with Crippen LogP contribution in [0.1, 0.15) is 26.2 Å². The molecular formula is C15H23N3O. The average Bonchev–Trinajstić information content (AvgIpc) is 2.48. The molecule has 0 amide bonds. The first-order valence-electron chi connectivity index (χ1n) is 7.36. The molecule has 0 saturated carbocycles. The maximum Gasteiger partial charge on any atom is 0.128 e. The Morgan fingerprint density at radius 2 is 2.26 bits per heavy atom. The first kappa shape index (κ1) is 12.9. The normalized spacial score (nSPS) is 26.6. The largest absolute Gasteiger partial charge is 0.368 e. The second kappa shape index (κ2) is 5.47. The number of hydrogen-bond donors (Lipinski definition) is 1. The van der Waals surface area contributed by atoms with Crippen LogP contribution in [-0.4, -0.2) is 42.9 Å². The number of pyridine rings is 1. The molecule has 0 bridgehead atoms. The summed E-state index contributed by atoms with van der Waals surface area (Å²) < 4.78 is 6.41. The number of morpholine rings is 1. The van der Waals surface area contributed by atoms with Crippen molar-refractivity contribution >= 4 is 5.82 Å². The van der Waals surface area contributed by atoms with Crippen molar-refractivity contribution in [3.8, 4) is 0 Å². The molecule has 1 atom stereocenters. The summed E-state index contributed by atoms with van der Waals surface area (Å²) in [6.07, 6.45) is 5.48. The molecule has 0 aromatic carbocycles. The van der Waals surface area contributed by atoms with Crippen molar-refractivity contribution in [2.45, 2.75) is 37.9 Å². The zero-order valence-electron chi connectivity index (χ0n) is 11.6. The Morgan fingerprint density at radius 1 is 1.42 bits per heavy atom. The van der Waals surface area contributed by atoms with E-state index in [1.54, 1.807) is 0 Å². The van der Waals surface area contributed by atoms with E-state index in [1.807, 2.05) is 12.3 Å². The minimum atomic E-state index is 0.0295. The Morgan fingerprint density at radius 3 is 2.95 bits per heavy atom. The van der Waals surface area contributed by atoms with Crippen molar-refractivity contribution in [1.29, 1.82) is 0 Å². The van der Waals surface area contributed by atoms with E-state index in [9.17, 15) is 0 Å². The lowest BCUT2D eigenvalue weighted by molar-refractivity contribution is -0.121. The summed E-state index contributed by atoms with van der Waals surface area (Å²) in [5, 5.41) is 3.43. The van der Waals surface area contributed by atoms with Gasteiger partial charge in [-0.25, -0.2) is 4.98 Å². The predicted molar refractivity (Wildman–Crippen MR) is 76.4 cm³/mol. The van der Waals surface area contributed by atoms with Gasteiger partial charge in [0.25, 0.3) is 0 Å². The van der Waals surface area contributed by atoms with Gasteiger partial charge in [-0.2, -0.15) is 0 Å². The molecule has 1 spiro atoms. The van der Waals surface area contributed by atoms with Crippen LogP contribution in [0.5, 0.6) is 0 Å². The van der Waals surface area contributed by atoms with Gasteiger partial charge in [-0.3, -0.25) is 0 Å². The fraction of sp³-hybridized carbons (Fsp3) is 0.667. The molecule has 0 aliphatic carbocycles. The lowest BCUT2D eigenvalue weighted by Crippen LogP contribution is -2.59. The lowest BCUT2D eigenvalue weighted by Gasteiger charge is -2.48. The molecule has 1 aromatic rings. The summed E-state index contributed by atoms with van der Waals surface area (Å²) >= 11 is 0. The lowest BCUT2D eigenvalue weighted by atomic mass is 9.89. The summed E-state index contributed by atoms with van der Waals surface area (Å²) in [6.45, 7) is 6.27. The molecule has 3 rings (SSSR count). The van der Waals surface area contributed by atoms with Gasteiger partial charge in [-0.1, -0.05) is 13.0 Å². The Bertz CT molecular complexity index is 403. The van der Waals surface area contributed by atoms with E-state index in [-0.39, 0.29) is 5.60 Å². The highest BCUT2D eigenvalue weighted by molar-refractivity contribution is 5.39. The fourth-order valence-corrected chi connectivity index (χ4v) is 3.17. The number of aromatic nitrogens is 1. The SMILES string of the molecule is CCC1CN(c2ccccn2)CC2(CCNCC2)O1. The molecule has 1 aromatic heterocycles. The number of nitrogens with zero attached hydrogens (tertiary/aromatic N) is 2. The van der Waals surface area contributed by atoms with E-state index < -0.39 is 0 Å². The highest BCUT2D eigenvalue weighted by Gasteiger charge is 2.41. The number of ether oxygens (including phenoxy) is 1. The average molecular weight is 261 g/mol.